The lowest BCUT2D eigenvalue weighted by Crippen LogP contribution is -2.41. The predicted molar refractivity (Wildman–Crippen MR) is 415 cm³/mol. The average molecular weight is 1680 g/mol. The Balaban J connectivity index is 0.000000162. The molecule has 6 aromatic carbocycles. The zero-order valence-electron chi connectivity index (χ0n) is 59.9. The van der Waals surface area contributed by atoms with Crippen LogP contribution in [-0.4, -0.2) is 82.3 Å². The smallest absolute Gasteiger partial charge is 0.431 e. The Hall–Kier alpha value is -13.0. The summed E-state index contributed by atoms with van der Waals surface area (Å²) in [5.41, 5.74) is -4.14. The number of carboxylic acid groups (broad SMARTS) is 1. The van der Waals surface area contributed by atoms with Crippen molar-refractivity contribution in [2.24, 2.45) is 26.1 Å². The fraction of sp³-hybridized carbons (Fsp3) is 0.158. The quantitative estimate of drug-likeness (QED) is 0.0399. The third-order valence-electron chi connectivity index (χ3n) is 16.1. The largest absolute Gasteiger partial charge is 0.477 e. The summed E-state index contributed by atoms with van der Waals surface area (Å²) in [5, 5.41) is 22.2. The van der Waals surface area contributed by atoms with Gasteiger partial charge in [-0.25, -0.2) is 56.4 Å². The number of ether oxygens (including phenoxy) is 3. The number of halogens is 10. The van der Waals surface area contributed by atoms with Gasteiger partial charge in [-0.05, 0) is 63.2 Å². The SMILES string of the molecule is CCOC(=O)c1sc2ccccc2c1-n1c(=O)cc(C(F)(F)F)n(C)c1=O.CCOC(=O)c1sc2ccccc2c1N.CCOC(=O)c1sc2ccccc2c1N=C=O.Cn1c(C(F)(F)F)cc(=O)n(-c2c(C(=O)O)sc3ccccc23)c1=O.Cn1c(C(F)(F)F)cc(=O)n(-c2csc3ccccc23)c1=O.N#Cc1ccccc1F. The second kappa shape index (κ2) is 36.2. The van der Waals surface area contributed by atoms with Gasteiger partial charge < -0.3 is 25.1 Å². The lowest BCUT2D eigenvalue weighted by Gasteiger charge is -2.14. The molecule has 0 aliphatic heterocycles. The van der Waals surface area contributed by atoms with Crippen LogP contribution >= 0.6 is 56.7 Å². The Bertz CT molecular complexity index is 6580. The van der Waals surface area contributed by atoms with Gasteiger partial charge in [0.15, 0.2) is 0 Å². The molecule has 0 saturated heterocycles. The van der Waals surface area contributed by atoms with Crippen LogP contribution in [0, 0.1) is 17.1 Å². The molecule has 0 spiro atoms. The van der Waals surface area contributed by atoms with Gasteiger partial charge in [0.1, 0.15) is 54.2 Å². The van der Waals surface area contributed by atoms with Gasteiger partial charge >= 0.3 is 59.5 Å². The van der Waals surface area contributed by atoms with Crippen molar-refractivity contribution >= 4 is 148 Å². The van der Waals surface area contributed by atoms with E-state index in [-0.39, 0.29) is 56.5 Å². The number of aromatic carboxylic acids is 1. The maximum absolute atomic E-state index is 13.1. The molecule has 115 heavy (non-hydrogen) atoms. The minimum absolute atomic E-state index is 0.0305. The number of nitrogen functional groups attached to an aromatic ring is 1. The van der Waals surface area contributed by atoms with Crippen LogP contribution in [0.5, 0.6) is 0 Å². The van der Waals surface area contributed by atoms with E-state index in [4.69, 9.17) is 25.2 Å². The molecule has 14 aromatic rings. The maximum Gasteiger partial charge on any atom is 0.431 e. The van der Waals surface area contributed by atoms with Crippen LogP contribution in [0.2, 0.25) is 0 Å². The van der Waals surface area contributed by atoms with Crippen molar-refractivity contribution in [2.75, 3.05) is 25.6 Å². The van der Waals surface area contributed by atoms with Crippen LogP contribution in [0.4, 0.5) is 55.3 Å². The number of nitrogens with zero attached hydrogens (tertiary/aromatic N) is 8. The molecular formula is C76H55F10N9O15S5. The Morgan fingerprint density at radius 3 is 1.23 bits per heavy atom. The number of anilines is 1. The van der Waals surface area contributed by atoms with Gasteiger partial charge in [-0.15, -0.1) is 56.7 Å². The van der Waals surface area contributed by atoms with Crippen LogP contribution in [0.1, 0.15) is 82.1 Å². The Labute approximate surface area is 658 Å². The van der Waals surface area contributed by atoms with Gasteiger partial charge in [0.05, 0.1) is 48.1 Å². The Morgan fingerprint density at radius 2 is 0.809 bits per heavy atom. The van der Waals surface area contributed by atoms with Crippen molar-refractivity contribution in [2.45, 2.75) is 39.3 Å². The third-order valence-corrected chi connectivity index (χ3v) is 21.6. The molecule has 0 amide bonds. The highest BCUT2D eigenvalue weighted by Crippen LogP contribution is 2.40. The molecule has 0 aliphatic carbocycles. The first kappa shape index (κ1) is 86.0. The number of benzene rings is 6. The highest BCUT2D eigenvalue weighted by molar-refractivity contribution is 7.22. The van der Waals surface area contributed by atoms with E-state index in [2.05, 4.69) is 4.99 Å². The summed E-state index contributed by atoms with van der Waals surface area (Å²) in [7, 11) is 2.78. The molecular weight excluding hydrogens is 1630 g/mol. The maximum atomic E-state index is 13.1. The number of esters is 3. The van der Waals surface area contributed by atoms with Crippen molar-refractivity contribution in [3.63, 3.8) is 0 Å². The monoisotopic (exact) mass is 1680 g/mol. The molecule has 14 rings (SSSR count). The zero-order chi connectivity index (χ0) is 84.3. The van der Waals surface area contributed by atoms with Crippen molar-refractivity contribution in [1.82, 2.24) is 27.4 Å². The summed E-state index contributed by atoms with van der Waals surface area (Å²) in [6.45, 7) is 5.82. The number of alkyl halides is 9. The number of carbonyl (C=O) groups excluding carboxylic acids is 4. The summed E-state index contributed by atoms with van der Waals surface area (Å²) in [4.78, 5) is 136. The molecule has 0 atom stereocenters. The Morgan fingerprint density at radius 1 is 0.470 bits per heavy atom. The van der Waals surface area contributed by atoms with E-state index in [0.29, 0.717) is 89.4 Å². The highest BCUT2D eigenvalue weighted by Gasteiger charge is 2.39. The van der Waals surface area contributed by atoms with Crippen molar-refractivity contribution in [1.29, 1.82) is 5.26 Å². The number of aromatic nitrogens is 6. The topological polar surface area (TPSA) is 327 Å². The van der Waals surface area contributed by atoms with E-state index in [1.807, 2.05) is 54.6 Å². The Kier molecular flexibility index (Phi) is 27.1. The van der Waals surface area contributed by atoms with E-state index in [1.165, 1.54) is 58.3 Å². The standard InChI is InChI=1S/C17H13F3N2O4S.C15H9F3N2O4S.C14H9F3N2O2S.C12H9NO3S.C11H11NO2S.C7H4FN/c1-3-26-15(24)14-13(9-6-4-5-7-10(9)27-14)22-12(23)8-11(17(18,19)20)21(2)16(22)25;1-19-9(15(16,17)18)6-10(21)20(14(19)24)11-7-4-2-3-5-8(7)25-12(11)13(22)23;1-18-11(14(15,16)17)6-12(20)19(13(18)21)9-7-22-10-5-3-2-4-8(9)10;1-2-16-12(15)11-10(13-7-14)8-5-3-4-6-9(8)17-11;1-2-14-11(13)10-9(12)7-5-3-4-6-8(7)15-10;8-7-4-2-1-3-6(7)5-9/h4-8H,3H2,1-2H3;2-6H,1H3,(H,22,23);2-7H,1H3;3-6H,2H2,1H3;3-6H,2,12H2,1H3;1-4H. The molecule has 39 heteroatoms. The number of fused-ring (bicyclic) bond motifs is 5. The average Bonchev–Trinajstić information content (AvgIpc) is 1.67. The van der Waals surface area contributed by atoms with E-state index < -0.39 is 93.1 Å². The number of nitrogens with two attached hydrogens (primary N) is 1. The number of isocyanates is 1. The fourth-order valence-electron chi connectivity index (χ4n) is 10.9. The first-order valence-corrected chi connectivity index (χ1v) is 37.1. The molecule has 0 saturated carbocycles. The minimum Gasteiger partial charge on any atom is -0.477 e. The van der Waals surface area contributed by atoms with Crippen LogP contribution in [0.25, 0.3) is 67.5 Å². The van der Waals surface area contributed by atoms with Crippen LogP contribution in [0.15, 0.2) is 203 Å². The van der Waals surface area contributed by atoms with Gasteiger partial charge in [-0.3, -0.25) is 28.1 Å². The lowest BCUT2D eigenvalue weighted by molar-refractivity contribution is -0.144. The van der Waals surface area contributed by atoms with Crippen molar-refractivity contribution < 1.29 is 87.2 Å². The summed E-state index contributed by atoms with van der Waals surface area (Å²) < 4.78 is 150. The summed E-state index contributed by atoms with van der Waals surface area (Å²) in [6.07, 6.45) is -13.0. The number of nitriles is 1. The minimum atomic E-state index is -4.89. The summed E-state index contributed by atoms with van der Waals surface area (Å²) in [5.74, 6) is -3.40. The molecule has 8 heterocycles. The third kappa shape index (κ3) is 18.7. The number of thiophene rings is 5. The van der Waals surface area contributed by atoms with Crippen molar-refractivity contribution in [3.05, 3.63) is 280 Å². The van der Waals surface area contributed by atoms with Gasteiger partial charge in [-0.2, -0.15) is 49.8 Å². The summed E-state index contributed by atoms with van der Waals surface area (Å²) >= 11 is 5.77. The number of carboxylic acids is 1. The van der Waals surface area contributed by atoms with Crippen LogP contribution in [0.3, 0.4) is 0 Å². The predicted octanol–water partition coefficient (Wildman–Crippen LogP) is 15.6. The van der Waals surface area contributed by atoms with Crippen molar-refractivity contribution in [3.8, 4) is 23.1 Å². The van der Waals surface area contributed by atoms with Gasteiger partial charge in [-0.1, -0.05) is 103 Å². The first-order chi connectivity index (χ1) is 54.4. The molecule has 0 fully saturated rings. The molecule has 0 aliphatic rings. The molecule has 8 aromatic heterocycles. The fourth-order valence-corrected chi connectivity index (χ4v) is 16.0. The molecule has 3 N–H and O–H groups in total. The second-order valence-corrected chi connectivity index (χ2v) is 28.3. The molecule has 24 nitrogen and oxygen atoms in total. The van der Waals surface area contributed by atoms with Gasteiger partial charge in [0.2, 0.25) is 6.08 Å². The number of hydrogen-bond donors (Lipinski definition) is 2. The van der Waals surface area contributed by atoms with Crippen LogP contribution in [-0.2, 0) is 58.7 Å². The molecule has 594 valence electrons. The molecule has 0 unspecified atom stereocenters. The van der Waals surface area contributed by atoms with E-state index in [1.54, 1.807) is 105 Å². The normalized spacial score (nSPS) is 11.1. The first-order valence-electron chi connectivity index (χ1n) is 32.9. The van der Waals surface area contributed by atoms with E-state index in [0.717, 1.165) is 73.3 Å². The molecule has 0 radical (unpaired) electrons. The highest BCUT2D eigenvalue weighted by atomic mass is 32.1. The number of hydrogen-bond acceptors (Lipinski definition) is 22. The van der Waals surface area contributed by atoms with Crippen LogP contribution < -0.4 is 39.5 Å². The lowest BCUT2D eigenvalue weighted by atomic mass is 10.2. The van der Waals surface area contributed by atoms with E-state index in [9.17, 15) is 102 Å². The zero-order valence-corrected chi connectivity index (χ0v) is 64.0. The van der Waals surface area contributed by atoms with E-state index >= 15 is 0 Å². The molecule has 0 bridgehead atoms. The number of rotatable bonds is 11. The second-order valence-electron chi connectivity index (χ2n) is 23.2. The van der Waals surface area contributed by atoms with Gasteiger partial charge in [0.25, 0.3) is 16.7 Å². The number of aliphatic imine (C=N–C) groups is 1. The number of carbonyl (C=O) groups is 4. The summed E-state index contributed by atoms with van der Waals surface area (Å²) in [6, 6.07) is 43.6. The van der Waals surface area contributed by atoms with Gasteiger partial charge in [0, 0.05) is 95.2 Å².